The monoisotopic (exact) mass is 401 g/mol. The minimum absolute atomic E-state index is 0. The molecule has 1 aromatic heterocycles. The third-order valence-corrected chi connectivity index (χ3v) is 4.43. The largest absolute Gasteiger partial charge is 0.416 e. The summed E-state index contributed by atoms with van der Waals surface area (Å²) in [7, 11) is 0. The van der Waals surface area contributed by atoms with Crippen molar-refractivity contribution in [3.63, 3.8) is 0 Å². The molecule has 9 heteroatoms. The highest BCUT2D eigenvalue weighted by Gasteiger charge is 2.31. The first-order valence-corrected chi connectivity index (χ1v) is 8.55. The van der Waals surface area contributed by atoms with Gasteiger partial charge in [0.1, 0.15) is 11.6 Å². The SMILES string of the molecule is Cc1nc2c(c(N[C@H](C)c3cc(N)cc(C(F)(F)F)c3)n1)CNCCC2.Cl. The van der Waals surface area contributed by atoms with Gasteiger partial charge < -0.3 is 16.4 Å². The summed E-state index contributed by atoms with van der Waals surface area (Å²) in [6, 6.07) is 3.24. The van der Waals surface area contributed by atoms with E-state index < -0.39 is 11.7 Å². The van der Waals surface area contributed by atoms with Crippen LogP contribution in [0.1, 0.15) is 47.6 Å². The summed E-state index contributed by atoms with van der Waals surface area (Å²) < 4.78 is 39.2. The fourth-order valence-electron chi connectivity index (χ4n) is 3.14. The Bertz CT molecular complexity index is 810. The van der Waals surface area contributed by atoms with Gasteiger partial charge in [0.15, 0.2) is 0 Å². The van der Waals surface area contributed by atoms with Crippen LogP contribution in [-0.4, -0.2) is 16.5 Å². The van der Waals surface area contributed by atoms with Crippen LogP contribution in [0.25, 0.3) is 0 Å². The van der Waals surface area contributed by atoms with Crippen LogP contribution in [0.5, 0.6) is 0 Å². The Kier molecular flexibility index (Phi) is 6.54. The van der Waals surface area contributed by atoms with E-state index in [1.807, 2.05) is 6.92 Å². The molecule has 0 radical (unpaired) electrons. The number of nitrogens with one attached hydrogen (secondary N) is 2. The minimum Gasteiger partial charge on any atom is -0.399 e. The van der Waals surface area contributed by atoms with Crippen LogP contribution in [0, 0.1) is 6.92 Å². The third kappa shape index (κ3) is 5.01. The van der Waals surface area contributed by atoms with E-state index in [-0.39, 0.29) is 24.1 Å². The molecule has 27 heavy (non-hydrogen) atoms. The number of aryl methyl sites for hydroxylation is 2. The molecule has 2 heterocycles. The summed E-state index contributed by atoms with van der Waals surface area (Å²) >= 11 is 0. The number of anilines is 2. The van der Waals surface area contributed by atoms with E-state index in [1.54, 1.807) is 13.0 Å². The van der Waals surface area contributed by atoms with Crippen LogP contribution in [0.2, 0.25) is 0 Å². The van der Waals surface area contributed by atoms with Crippen molar-refractivity contribution in [2.24, 2.45) is 0 Å². The van der Waals surface area contributed by atoms with Crippen molar-refractivity contribution in [1.29, 1.82) is 0 Å². The van der Waals surface area contributed by atoms with E-state index >= 15 is 0 Å². The topological polar surface area (TPSA) is 75.9 Å². The molecule has 1 aliphatic heterocycles. The Morgan fingerprint density at radius 3 is 2.67 bits per heavy atom. The highest BCUT2D eigenvalue weighted by atomic mass is 35.5. The van der Waals surface area contributed by atoms with Crippen LogP contribution in [0.3, 0.4) is 0 Å². The molecule has 0 spiro atoms. The number of rotatable bonds is 3. The van der Waals surface area contributed by atoms with Crippen LogP contribution in [-0.2, 0) is 19.1 Å². The number of nitrogen functional groups attached to an aromatic ring is 1. The molecule has 0 aliphatic carbocycles. The van der Waals surface area contributed by atoms with Crippen LogP contribution in [0.15, 0.2) is 18.2 Å². The van der Waals surface area contributed by atoms with Crippen molar-refractivity contribution in [3.05, 3.63) is 46.4 Å². The molecule has 0 saturated carbocycles. The summed E-state index contributed by atoms with van der Waals surface area (Å²) in [5.74, 6) is 1.30. The molecule has 5 nitrogen and oxygen atoms in total. The first-order chi connectivity index (χ1) is 12.2. The van der Waals surface area contributed by atoms with Gasteiger partial charge in [0.2, 0.25) is 0 Å². The average molecular weight is 402 g/mol. The zero-order valence-corrected chi connectivity index (χ0v) is 16.0. The normalized spacial score (nSPS) is 15.3. The number of fused-ring (bicyclic) bond motifs is 1. The summed E-state index contributed by atoms with van der Waals surface area (Å²) in [6.45, 7) is 5.14. The van der Waals surface area contributed by atoms with Crippen molar-refractivity contribution in [3.8, 4) is 0 Å². The van der Waals surface area contributed by atoms with Crippen LogP contribution in [0.4, 0.5) is 24.7 Å². The van der Waals surface area contributed by atoms with E-state index in [0.29, 0.717) is 23.8 Å². The fourth-order valence-corrected chi connectivity index (χ4v) is 3.14. The lowest BCUT2D eigenvalue weighted by atomic mass is 10.0. The Morgan fingerprint density at radius 1 is 1.22 bits per heavy atom. The Hall–Kier alpha value is -2.06. The van der Waals surface area contributed by atoms with Gasteiger partial charge >= 0.3 is 6.18 Å². The van der Waals surface area contributed by atoms with E-state index in [1.165, 1.54) is 0 Å². The molecule has 0 amide bonds. The van der Waals surface area contributed by atoms with Gasteiger partial charge in [-0.1, -0.05) is 0 Å². The molecule has 0 bridgehead atoms. The third-order valence-electron chi connectivity index (χ3n) is 4.43. The van der Waals surface area contributed by atoms with Gasteiger partial charge in [-0.05, 0) is 57.0 Å². The lowest BCUT2D eigenvalue weighted by molar-refractivity contribution is -0.137. The van der Waals surface area contributed by atoms with Crippen LogP contribution < -0.4 is 16.4 Å². The molecule has 3 rings (SSSR count). The molecule has 148 valence electrons. The molecule has 0 unspecified atom stereocenters. The minimum atomic E-state index is -4.43. The predicted octanol–water partition coefficient (Wildman–Crippen LogP) is 4.02. The lowest BCUT2D eigenvalue weighted by Gasteiger charge is -2.20. The fraction of sp³-hybridized carbons (Fsp3) is 0.444. The molecule has 4 N–H and O–H groups in total. The maximum Gasteiger partial charge on any atom is 0.416 e. The first-order valence-electron chi connectivity index (χ1n) is 8.55. The quantitative estimate of drug-likeness (QED) is 0.677. The molecular weight excluding hydrogens is 379 g/mol. The van der Waals surface area contributed by atoms with Gasteiger partial charge in [0, 0.05) is 17.8 Å². The standard InChI is InChI=1S/C18H22F3N5.ClH/c1-10(12-6-13(18(19,20)21)8-14(22)7-12)24-17-15-9-23-5-3-4-16(15)25-11(2)26-17;/h6-8,10,23H,3-5,9,22H2,1-2H3,(H,24,25,26);1H/t10-;/m1./s1. The highest BCUT2D eigenvalue weighted by Crippen LogP contribution is 2.33. The van der Waals surface area contributed by atoms with Crippen molar-refractivity contribution in [2.45, 2.75) is 45.5 Å². The Labute approximate surface area is 162 Å². The second-order valence-electron chi connectivity index (χ2n) is 6.58. The number of nitrogens with zero attached hydrogens (tertiary/aromatic N) is 2. The molecule has 1 aliphatic rings. The Morgan fingerprint density at radius 2 is 1.96 bits per heavy atom. The molecule has 0 saturated heterocycles. The number of halogens is 4. The zero-order chi connectivity index (χ0) is 18.9. The van der Waals surface area contributed by atoms with Crippen molar-refractivity contribution in [2.75, 3.05) is 17.6 Å². The van der Waals surface area contributed by atoms with Crippen molar-refractivity contribution >= 4 is 23.9 Å². The number of hydrogen-bond acceptors (Lipinski definition) is 5. The average Bonchev–Trinajstić information content (AvgIpc) is 2.78. The summed E-state index contributed by atoms with van der Waals surface area (Å²) in [6.07, 6.45) is -2.59. The molecule has 2 aromatic rings. The molecule has 1 atom stereocenters. The number of aromatic nitrogens is 2. The van der Waals surface area contributed by atoms with E-state index in [2.05, 4.69) is 20.6 Å². The van der Waals surface area contributed by atoms with Gasteiger partial charge in [-0.25, -0.2) is 9.97 Å². The zero-order valence-electron chi connectivity index (χ0n) is 15.2. The second-order valence-corrected chi connectivity index (χ2v) is 6.58. The smallest absolute Gasteiger partial charge is 0.399 e. The summed E-state index contributed by atoms with van der Waals surface area (Å²) in [5.41, 5.74) is 7.44. The van der Waals surface area contributed by atoms with E-state index in [4.69, 9.17) is 5.73 Å². The van der Waals surface area contributed by atoms with Gasteiger partial charge in [-0.3, -0.25) is 0 Å². The molecule has 1 aromatic carbocycles. The number of benzene rings is 1. The van der Waals surface area contributed by atoms with E-state index in [9.17, 15) is 13.2 Å². The number of hydrogen-bond donors (Lipinski definition) is 3. The first kappa shape index (κ1) is 21.2. The molecule has 0 fully saturated rings. The highest BCUT2D eigenvalue weighted by molar-refractivity contribution is 5.85. The maximum atomic E-state index is 13.1. The van der Waals surface area contributed by atoms with E-state index in [0.717, 1.165) is 42.8 Å². The van der Waals surface area contributed by atoms with Gasteiger partial charge in [-0.15, -0.1) is 12.4 Å². The van der Waals surface area contributed by atoms with Gasteiger partial charge in [-0.2, -0.15) is 13.2 Å². The number of alkyl halides is 3. The van der Waals surface area contributed by atoms with Crippen molar-refractivity contribution in [1.82, 2.24) is 15.3 Å². The van der Waals surface area contributed by atoms with Crippen LogP contribution >= 0.6 is 12.4 Å². The summed E-state index contributed by atoms with van der Waals surface area (Å²) in [4.78, 5) is 8.99. The van der Waals surface area contributed by atoms with Gasteiger partial charge in [0.05, 0.1) is 17.3 Å². The second kappa shape index (κ2) is 8.31. The Balaban J connectivity index is 0.00000261. The van der Waals surface area contributed by atoms with Crippen molar-refractivity contribution < 1.29 is 13.2 Å². The molecular formula is C18H23ClF3N5. The van der Waals surface area contributed by atoms with Gasteiger partial charge in [0.25, 0.3) is 0 Å². The maximum absolute atomic E-state index is 13.1. The summed E-state index contributed by atoms with van der Waals surface area (Å²) in [5, 5.41) is 6.57. The number of nitrogens with two attached hydrogens (primary N) is 1. The lowest BCUT2D eigenvalue weighted by Crippen LogP contribution is -2.17. The predicted molar refractivity (Wildman–Crippen MR) is 102 cm³/mol.